The van der Waals surface area contributed by atoms with Crippen LogP contribution in [0.3, 0.4) is 0 Å². The Morgan fingerprint density at radius 3 is 2.45 bits per heavy atom. The van der Waals surface area contributed by atoms with Gasteiger partial charge in [0.2, 0.25) is 0 Å². The zero-order valence-corrected chi connectivity index (χ0v) is 7.83. The standard InChI is InChI=1S/C9H18O2/c1-5-7-8(3)11-9(4)10-6-2/h5,7-9H,6H2,1-4H3. The summed E-state index contributed by atoms with van der Waals surface area (Å²) in [6, 6.07) is 0. The van der Waals surface area contributed by atoms with Crippen LogP contribution < -0.4 is 0 Å². The summed E-state index contributed by atoms with van der Waals surface area (Å²) in [7, 11) is 0. The highest BCUT2D eigenvalue weighted by Gasteiger charge is 2.03. The summed E-state index contributed by atoms with van der Waals surface area (Å²) >= 11 is 0. The van der Waals surface area contributed by atoms with Gasteiger partial charge in [0.25, 0.3) is 0 Å². The Bertz CT molecular complexity index is 110. The van der Waals surface area contributed by atoms with Gasteiger partial charge in [-0.2, -0.15) is 0 Å². The number of hydrogen-bond donors (Lipinski definition) is 0. The zero-order chi connectivity index (χ0) is 8.69. The molecule has 0 bridgehead atoms. The average Bonchev–Trinajstić information content (AvgIpc) is 1.87. The lowest BCUT2D eigenvalue weighted by Crippen LogP contribution is -2.18. The Morgan fingerprint density at radius 2 is 2.00 bits per heavy atom. The molecule has 2 nitrogen and oxygen atoms in total. The fraction of sp³-hybridized carbons (Fsp3) is 0.778. The summed E-state index contributed by atoms with van der Waals surface area (Å²) in [6.45, 7) is 8.54. The van der Waals surface area contributed by atoms with E-state index in [1.54, 1.807) is 0 Å². The second-order valence-electron chi connectivity index (χ2n) is 2.39. The van der Waals surface area contributed by atoms with Crippen LogP contribution in [0.15, 0.2) is 12.2 Å². The van der Waals surface area contributed by atoms with Crippen molar-refractivity contribution in [1.82, 2.24) is 0 Å². The molecule has 0 spiro atoms. The molecule has 0 fully saturated rings. The van der Waals surface area contributed by atoms with Gasteiger partial charge in [0.15, 0.2) is 6.29 Å². The average molecular weight is 158 g/mol. The fourth-order valence-electron chi connectivity index (χ4n) is 0.893. The number of hydrogen-bond acceptors (Lipinski definition) is 2. The second kappa shape index (κ2) is 6.38. The fourth-order valence-corrected chi connectivity index (χ4v) is 0.893. The molecule has 66 valence electrons. The third-order valence-corrected chi connectivity index (χ3v) is 1.27. The predicted molar refractivity (Wildman–Crippen MR) is 46.4 cm³/mol. The van der Waals surface area contributed by atoms with E-state index in [0.717, 1.165) is 0 Å². The molecular weight excluding hydrogens is 140 g/mol. The van der Waals surface area contributed by atoms with Gasteiger partial charge in [-0.15, -0.1) is 0 Å². The molecule has 0 heterocycles. The first-order chi connectivity index (χ1) is 5.20. The Kier molecular flexibility index (Phi) is 6.18. The topological polar surface area (TPSA) is 18.5 Å². The van der Waals surface area contributed by atoms with Gasteiger partial charge in [-0.05, 0) is 27.7 Å². The van der Waals surface area contributed by atoms with E-state index >= 15 is 0 Å². The van der Waals surface area contributed by atoms with Crippen molar-refractivity contribution in [3.05, 3.63) is 12.2 Å². The molecule has 0 saturated heterocycles. The van der Waals surface area contributed by atoms with Crippen LogP contribution in [-0.2, 0) is 9.47 Å². The van der Waals surface area contributed by atoms with Crippen LogP contribution in [-0.4, -0.2) is 19.0 Å². The van der Waals surface area contributed by atoms with E-state index in [4.69, 9.17) is 9.47 Å². The van der Waals surface area contributed by atoms with Crippen molar-refractivity contribution in [3.63, 3.8) is 0 Å². The molecule has 0 aromatic rings. The maximum absolute atomic E-state index is 5.42. The van der Waals surface area contributed by atoms with Crippen molar-refractivity contribution in [1.29, 1.82) is 0 Å². The summed E-state index contributed by atoms with van der Waals surface area (Å²) in [4.78, 5) is 0. The van der Waals surface area contributed by atoms with Crippen LogP contribution in [0.2, 0.25) is 0 Å². The summed E-state index contributed by atoms with van der Waals surface area (Å²) in [5.41, 5.74) is 0. The summed E-state index contributed by atoms with van der Waals surface area (Å²) in [5, 5.41) is 0. The maximum atomic E-state index is 5.42. The minimum atomic E-state index is -0.105. The minimum absolute atomic E-state index is 0.105. The molecule has 0 aliphatic rings. The number of rotatable bonds is 5. The predicted octanol–water partition coefficient (Wildman–Crippen LogP) is 2.35. The molecule has 2 atom stereocenters. The van der Waals surface area contributed by atoms with Gasteiger partial charge < -0.3 is 9.47 Å². The first-order valence-electron chi connectivity index (χ1n) is 4.10. The van der Waals surface area contributed by atoms with Gasteiger partial charge in [-0.1, -0.05) is 12.2 Å². The Labute approximate surface area is 69.2 Å². The lowest BCUT2D eigenvalue weighted by Gasteiger charge is -2.15. The molecule has 0 saturated carbocycles. The molecule has 0 aromatic heterocycles. The van der Waals surface area contributed by atoms with E-state index in [2.05, 4.69) is 0 Å². The van der Waals surface area contributed by atoms with Crippen molar-refractivity contribution in [2.75, 3.05) is 6.61 Å². The van der Waals surface area contributed by atoms with Gasteiger partial charge in [0.05, 0.1) is 6.10 Å². The third-order valence-electron chi connectivity index (χ3n) is 1.27. The SMILES string of the molecule is CC=CC(C)OC(C)OCC. The van der Waals surface area contributed by atoms with E-state index in [1.165, 1.54) is 0 Å². The monoisotopic (exact) mass is 158 g/mol. The molecule has 11 heavy (non-hydrogen) atoms. The van der Waals surface area contributed by atoms with Crippen LogP contribution >= 0.6 is 0 Å². The zero-order valence-electron chi connectivity index (χ0n) is 7.83. The van der Waals surface area contributed by atoms with E-state index in [0.29, 0.717) is 6.61 Å². The summed E-state index contributed by atoms with van der Waals surface area (Å²) < 4.78 is 10.6. The normalized spacial score (nSPS) is 17.1. The van der Waals surface area contributed by atoms with Crippen molar-refractivity contribution >= 4 is 0 Å². The van der Waals surface area contributed by atoms with Crippen molar-refractivity contribution in [2.45, 2.75) is 40.1 Å². The molecule has 0 aromatic carbocycles. The van der Waals surface area contributed by atoms with Gasteiger partial charge in [0, 0.05) is 6.61 Å². The lowest BCUT2D eigenvalue weighted by molar-refractivity contribution is -0.141. The Morgan fingerprint density at radius 1 is 1.36 bits per heavy atom. The number of ether oxygens (including phenoxy) is 2. The van der Waals surface area contributed by atoms with Crippen LogP contribution in [0.4, 0.5) is 0 Å². The van der Waals surface area contributed by atoms with E-state index in [9.17, 15) is 0 Å². The minimum Gasteiger partial charge on any atom is -0.353 e. The lowest BCUT2D eigenvalue weighted by atomic mass is 10.3. The highest BCUT2D eigenvalue weighted by atomic mass is 16.7. The quantitative estimate of drug-likeness (QED) is 0.451. The highest BCUT2D eigenvalue weighted by molar-refractivity contribution is 4.83. The van der Waals surface area contributed by atoms with Gasteiger partial charge in [-0.25, -0.2) is 0 Å². The van der Waals surface area contributed by atoms with E-state index in [1.807, 2.05) is 39.8 Å². The van der Waals surface area contributed by atoms with Crippen LogP contribution in [0, 0.1) is 0 Å². The van der Waals surface area contributed by atoms with Crippen molar-refractivity contribution in [2.24, 2.45) is 0 Å². The van der Waals surface area contributed by atoms with Gasteiger partial charge in [-0.3, -0.25) is 0 Å². The van der Waals surface area contributed by atoms with Gasteiger partial charge in [0.1, 0.15) is 0 Å². The largest absolute Gasteiger partial charge is 0.353 e. The van der Waals surface area contributed by atoms with E-state index < -0.39 is 0 Å². The smallest absolute Gasteiger partial charge is 0.155 e. The van der Waals surface area contributed by atoms with Gasteiger partial charge >= 0.3 is 0 Å². The maximum Gasteiger partial charge on any atom is 0.155 e. The molecule has 0 aliphatic heterocycles. The third kappa shape index (κ3) is 6.07. The summed E-state index contributed by atoms with van der Waals surface area (Å²) in [6.07, 6.45) is 4.01. The molecule has 0 amide bonds. The molecule has 0 rings (SSSR count). The molecule has 0 aliphatic carbocycles. The van der Waals surface area contributed by atoms with Crippen molar-refractivity contribution in [3.8, 4) is 0 Å². The van der Waals surface area contributed by atoms with Crippen LogP contribution in [0.1, 0.15) is 27.7 Å². The van der Waals surface area contributed by atoms with Crippen LogP contribution in [0.25, 0.3) is 0 Å². The molecule has 0 N–H and O–H groups in total. The Hall–Kier alpha value is -0.340. The molecule has 2 unspecified atom stereocenters. The highest BCUT2D eigenvalue weighted by Crippen LogP contribution is 2.00. The molecular formula is C9H18O2. The second-order valence-corrected chi connectivity index (χ2v) is 2.39. The first-order valence-corrected chi connectivity index (χ1v) is 4.10. The summed E-state index contributed by atoms with van der Waals surface area (Å²) in [5.74, 6) is 0. The molecule has 2 heteroatoms. The van der Waals surface area contributed by atoms with E-state index in [-0.39, 0.29) is 12.4 Å². The van der Waals surface area contributed by atoms with Crippen LogP contribution in [0.5, 0.6) is 0 Å². The molecule has 0 radical (unpaired) electrons. The number of allylic oxidation sites excluding steroid dienone is 1. The van der Waals surface area contributed by atoms with Crippen molar-refractivity contribution < 1.29 is 9.47 Å². The first kappa shape index (κ1) is 10.7. The Balaban J connectivity index is 3.48.